The van der Waals surface area contributed by atoms with Crippen molar-refractivity contribution in [1.82, 2.24) is 4.90 Å². The van der Waals surface area contributed by atoms with Gasteiger partial charge in [-0.2, -0.15) is 8.42 Å². The van der Waals surface area contributed by atoms with Crippen molar-refractivity contribution in [2.45, 2.75) is 11.4 Å². The third kappa shape index (κ3) is 6.83. The Morgan fingerprint density at radius 3 is 2.21 bits per heavy atom. The lowest BCUT2D eigenvalue weighted by Crippen LogP contribution is -2.37. The Morgan fingerprint density at radius 2 is 1.62 bits per heavy atom. The highest BCUT2D eigenvalue weighted by Gasteiger charge is 2.19. The minimum Gasteiger partial charge on any atom is -0.383 e. The fourth-order valence-corrected chi connectivity index (χ4v) is 4.33. The SMILES string of the molecule is COCCN(Cc1ccc(OS(=O)(=O)c2ccc(F)cc2)cc1)C(=O)Nc1c(Cl)cccc1Cl. The lowest BCUT2D eigenvalue weighted by Gasteiger charge is -2.23. The molecule has 0 saturated carbocycles. The number of hydrogen-bond acceptors (Lipinski definition) is 5. The number of carbonyl (C=O) groups excluding carboxylic acids is 1. The second-order valence-corrected chi connectivity index (χ2v) is 9.44. The van der Waals surface area contributed by atoms with Crippen molar-refractivity contribution in [2.24, 2.45) is 0 Å². The maximum atomic E-state index is 13.1. The summed E-state index contributed by atoms with van der Waals surface area (Å²) in [7, 11) is -2.59. The van der Waals surface area contributed by atoms with Crippen molar-refractivity contribution < 1.29 is 26.5 Å². The standard InChI is InChI=1S/C23H21Cl2FN2O5S/c1-32-14-13-28(23(29)27-22-20(24)3-2-4-21(22)25)15-16-5-9-18(10-6-16)33-34(30,31)19-11-7-17(26)8-12-19/h2-12H,13-15H2,1H3,(H,27,29). The van der Waals surface area contributed by atoms with E-state index in [0.717, 1.165) is 24.3 Å². The van der Waals surface area contributed by atoms with E-state index in [1.165, 1.54) is 24.1 Å². The van der Waals surface area contributed by atoms with Crippen LogP contribution < -0.4 is 9.50 Å². The summed E-state index contributed by atoms with van der Waals surface area (Å²) < 4.78 is 48.0. The lowest BCUT2D eigenvalue weighted by molar-refractivity contribution is 0.153. The topological polar surface area (TPSA) is 84.9 Å². The third-order valence-corrected chi connectivity index (χ3v) is 6.54. The molecule has 3 rings (SSSR count). The quantitative estimate of drug-likeness (QED) is 0.368. The first kappa shape index (κ1) is 25.8. The van der Waals surface area contributed by atoms with Crippen LogP contribution in [0.3, 0.4) is 0 Å². The number of rotatable bonds is 9. The van der Waals surface area contributed by atoms with Crippen molar-refractivity contribution >= 4 is 45.0 Å². The van der Waals surface area contributed by atoms with Crippen molar-refractivity contribution in [3.8, 4) is 5.75 Å². The van der Waals surface area contributed by atoms with E-state index in [9.17, 15) is 17.6 Å². The number of hydrogen-bond donors (Lipinski definition) is 1. The Labute approximate surface area is 207 Å². The van der Waals surface area contributed by atoms with Gasteiger partial charge in [0.15, 0.2) is 0 Å². The largest absolute Gasteiger partial charge is 0.383 e. The molecule has 0 aliphatic rings. The molecule has 0 unspecified atom stereocenters. The van der Waals surface area contributed by atoms with Crippen LogP contribution in [-0.4, -0.2) is 39.6 Å². The minimum absolute atomic E-state index is 0.0730. The Bertz CT molecular complexity index is 1220. The molecule has 0 aromatic heterocycles. The molecule has 0 radical (unpaired) electrons. The number of methoxy groups -OCH3 is 1. The van der Waals surface area contributed by atoms with Gasteiger partial charge in [0.05, 0.1) is 22.3 Å². The number of carbonyl (C=O) groups is 1. The monoisotopic (exact) mass is 526 g/mol. The molecule has 0 atom stereocenters. The van der Waals surface area contributed by atoms with Gasteiger partial charge in [-0.05, 0) is 54.1 Å². The Balaban J connectivity index is 1.71. The molecule has 3 aromatic rings. The molecule has 0 aliphatic heterocycles. The van der Waals surface area contributed by atoms with Crippen molar-refractivity contribution in [2.75, 3.05) is 25.6 Å². The molecule has 11 heteroatoms. The van der Waals surface area contributed by atoms with Crippen molar-refractivity contribution in [3.63, 3.8) is 0 Å². The molecule has 0 bridgehead atoms. The number of urea groups is 1. The number of halogens is 3. The van der Waals surface area contributed by atoms with Gasteiger partial charge in [-0.25, -0.2) is 9.18 Å². The first-order chi connectivity index (χ1) is 16.2. The first-order valence-corrected chi connectivity index (χ1v) is 12.1. The van der Waals surface area contributed by atoms with E-state index in [0.29, 0.717) is 27.9 Å². The van der Waals surface area contributed by atoms with Gasteiger partial charge in [-0.15, -0.1) is 0 Å². The summed E-state index contributed by atoms with van der Waals surface area (Å²) in [5, 5.41) is 3.31. The van der Waals surface area contributed by atoms with Crippen molar-refractivity contribution in [3.05, 3.63) is 88.2 Å². The highest BCUT2D eigenvalue weighted by molar-refractivity contribution is 7.87. The summed E-state index contributed by atoms with van der Waals surface area (Å²) in [5.41, 5.74) is 1.01. The van der Waals surface area contributed by atoms with Gasteiger partial charge in [0.1, 0.15) is 16.5 Å². The Morgan fingerprint density at radius 1 is 1.00 bits per heavy atom. The van der Waals surface area contributed by atoms with E-state index in [1.807, 2.05) is 0 Å². The first-order valence-electron chi connectivity index (χ1n) is 9.97. The van der Waals surface area contributed by atoms with Crippen LogP contribution in [-0.2, 0) is 21.4 Å². The number of para-hydroxylation sites is 1. The van der Waals surface area contributed by atoms with Crippen LogP contribution >= 0.6 is 23.2 Å². The minimum atomic E-state index is -4.12. The Hall–Kier alpha value is -2.85. The van der Waals surface area contributed by atoms with Gasteiger partial charge in [0.2, 0.25) is 0 Å². The van der Waals surface area contributed by atoms with Gasteiger partial charge < -0.3 is 19.1 Å². The predicted molar refractivity (Wildman–Crippen MR) is 128 cm³/mol. The van der Waals surface area contributed by atoms with Gasteiger partial charge in [-0.3, -0.25) is 0 Å². The molecule has 0 fully saturated rings. The zero-order valence-corrected chi connectivity index (χ0v) is 20.3. The van der Waals surface area contributed by atoms with Gasteiger partial charge in [0, 0.05) is 20.2 Å². The fourth-order valence-electron chi connectivity index (χ4n) is 2.90. The average molecular weight is 527 g/mol. The van der Waals surface area contributed by atoms with E-state index in [4.69, 9.17) is 32.1 Å². The summed E-state index contributed by atoms with van der Waals surface area (Å²) in [4.78, 5) is 14.2. The second kappa shape index (κ2) is 11.5. The van der Waals surface area contributed by atoms with Crippen molar-refractivity contribution in [1.29, 1.82) is 0 Å². The van der Waals surface area contributed by atoms with Crippen LogP contribution in [0.1, 0.15) is 5.56 Å². The number of ether oxygens (including phenoxy) is 1. The number of amides is 2. The molecule has 7 nitrogen and oxygen atoms in total. The zero-order chi connectivity index (χ0) is 24.7. The van der Waals surface area contributed by atoms with E-state index in [-0.39, 0.29) is 23.7 Å². The average Bonchev–Trinajstić information content (AvgIpc) is 2.80. The van der Waals surface area contributed by atoms with Gasteiger partial charge >= 0.3 is 16.1 Å². The Kier molecular flexibility index (Phi) is 8.73. The number of nitrogens with one attached hydrogen (secondary N) is 1. The lowest BCUT2D eigenvalue weighted by atomic mass is 10.2. The van der Waals surface area contributed by atoms with Crippen LogP contribution in [0.5, 0.6) is 5.75 Å². The highest BCUT2D eigenvalue weighted by Crippen LogP contribution is 2.30. The third-order valence-electron chi connectivity index (χ3n) is 4.65. The predicted octanol–water partition coefficient (Wildman–Crippen LogP) is 5.58. The van der Waals surface area contributed by atoms with Crippen LogP contribution in [0, 0.1) is 5.82 Å². The summed E-state index contributed by atoms with van der Waals surface area (Å²) in [5.74, 6) is -0.481. The molecule has 0 aliphatic carbocycles. The van der Waals surface area contributed by atoms with Crippen LogP contribution in [0.15, 0.2) is 71.6 Å². The molecule has 0 saturated heterocycles. The second-order valence-electron chi connectivity index (χ2n) is 7.08. The maximum Gasteiger partial charge on any atom is 0.339 e. The van der Waals surface area contributed by atoms with Crippen LogP contribution in [0.25, 0.3) is 0 Å². The molecule has 2 amide bonds. The molecular formula is C23H21Cl2FN2O5S. The maximum absolute atomic E-state index is 13.1. The van der Waals surface area contributed by atoms with E-state index >= 15 is 0 Å². The number of nitrogens with zero attached hydrogens (tertiary/aromatic N) is 1. The molecule has 0 spiro atoms. The molecule has 34 heavy (non-hydrogen) atoms. The van der Waals surface area contributed by atoms with E-state index < -0.39 is 22.0 Å². The number of anilines is 1. The van der Waals surface area contributed by atoms with E-state index in [1.54, 1.807) is 30.3 Å². The fraction of sp³-hybridized carbons (Fsp3) is 0.174. The molecule has 3 aromatic carbocycles. The van der Waals surface area contributed by atoms with E-state index in [2.05, 4.69) is 5.32 Å². The van der Waals surface area contributed by atoms with Gasteiger partial charge in [0.25, 0.3) is 0 Å². The van der Waals surface area contributed by atoms with Crippen LogP contribution in [0.4, 0.5) is 14.9 Å². The molecular weight excluding hydrogens is 506 g/mol. The highest BCUT2D eigenvalue weighted by atomic mass is 35.5. The van der Waals surface area contributed by atoms with Gasteiger partial charge in [-0.1, -0.05) is 41.4 Å². The molecule has 1 N–H and O–H groups in total. The normalized spacial score (nSPS) is 11.2. The summed E-state index contributed by atoms with van der Waals surface area (Å²) in [6, 6.07) is 15.0. The number of benzene rings is 3. The smallest absolute Gasteiger partial charge is 0.339 e. The molecule has 180 valence electrons. The van der Waals surface area contributed by atoms with Crippen LogP contribution in [0.2, 0.25) is 10.0 Å². The zero-order valence-electron chi connectivity index (χ0n) is 18.0. The molecule has 0 heterocycles. The summed E-state index contributed by atoms with van der Waals surface area (Å²) in [6.07, 6.45) is 0. The summed E-state index contributed by atoms with van der Waals surface area (Å²) >= 11 is 12.3. The summed E-state index contributed by atoms with van der Waals surface area (Å²) in [6.45, 7) is 0.768.